The maximum Gasteiger partial charge on any atom is 0.0637 e. The molecule has 2 unspecified atom stereocenters. The van der Waals surface area contributed by atoms with Crippen LogP contribution in [-0.4, -0.2) is 70.9 Å². The molecule has 0 aromatic heterocycles. The Labute approximate surface area is 341 Å². The van der Waals surface area contributed by atoms with Crippen LogP contribution in [0.5, 0.6) is 0 Å². The van der Waals surface area contributed by atoms with Crippen LogP contribution < -0.4 is 22.5 Å². The summed E-state index contributed by atoms with van der Waals surface area (Å²) >= 11 is 0. The van der Waals surface area contributed by atoms with Gasteiger partial charge in [0, 0.05) is 19.8 Å². The van der Waals surface area contributed by atoms with Gasteiger partial charge in [-0.15, -0.1) is 0 Å². The van der Waals surface area contributed by atoms with E-state index in [-0.39, 0.29) is 5.41 Å². The molecule has 0 bridgehead atoms. The third-order valence-electron chi connectivity index (χ3n) is 15.8. The summed E-state index contributed by atoms with van der Waals surface area (Å²) in [5, 5.41) is 3.80. The minimum absolute atomic E-state index is 0.207. The van der Waals surface area contributed by atoms with E-state index in [1.807, 2.05) is 0 Å². The van der Waals surface area contributed by atoms with Crippen molar-refractivity contribution in [1.82, 2.24) is 5.32 Å². The zero-order chi connectivity index (χ0) is 39.2. The molecule has 0 aromatic rings. The number of nitrogens with two attached hydrogens (primary N) is 3. The van der Waals surface area contributed by atoms with Gasteiger partial charge in [0.1, 0.15) is 0 Å². The number of rotatable bonds is 32. The van der Waals surface area contributed by atoms with Crippen molar-refractivity contribution in [1.29, 1.82) is 0 Å². The molecule has 4 aliphatic carbocycles. The van der Waals surface area contributed by atoms with Crippen LogP contribution in [0.1, 0.15) is 194 Å². The highest BCUT2D eigenvalue weighted by molar-refractivity contribution is 5.14. The van der Waals surface area contributed by atoms with Crippen molar-refractivity contribution in [3.05, 3.63) is 0 Å². The standard InChI is InChI=1S/C48H94N4O3/c1-4-5-6-7-8-9-10-11-12-13-14-15-16-18-31-52-32-19-17-23-39-24-25-42-46-43(38-45(48(39,42)3)55-35-22-30-51)47(2)27-26-41(53-33-20-28-49)36-40(47)37-44(46)54-34-21-29-50/h39-46,52H,4-38,49-51H2,1-3H3/t39-,40-,41+,42?,43?,44+,45-,46-,47-,48+/m0/s1. The molecule has 7 heteroatoms. The molecule has 7 N–H and O–H groups in total. The van der Waals surface area contributed by atoms with Gasteiger partial charge in [-0.05, 0) is 157 Å². The van der Waals surface area contributed by atoms with E-state index in [4.69, 9.17) is 31.4 Å². The topological polar surface area (TPSA) is 118 Å². The second-order valence-electron chi connectivity index (χ2n) is 19.4. The summed E-state index contributed by atoms with van der Waals surface area (Å²) in [6.45, 7) is 14.5. The van der Waals surface area contributed by atoms with Crippen LogP contribution in [0.15, 0.2) is 0 Å². The molecule has 0 aromatic carbocycles. The van der Waals surface area contributed by atoms with Gasteiger partial charge in [0.05, 0.1) is 18.3 Å². The van der Waals surface area contributed by atoms with Crippen LogP contribution in [-0.2, 0) is 14.2 Å². The Hall–Kier alpha value is -0.280. The molecule has 7 nitrogen and oxygen atoms in total. The van der Waals surface area contributed by atoms with E-state index in [9.17, 15) is 0 Å². The molecule has 0 spiro atoms. The summed E-state index contributed by atoms with van der Waals surface area (Å²) in [6.07, 6.45) is 36.4. The normalized spacial score (nSPS) is 33.1. The lowest BCUT2D eigenvalue weighted by molar-refractivity contribution is -0.225. The quantitative estimate of drug-likeness (QED) is 0.0503. The van der Waals surface area contributed by atoms with Crippen molar-refractivity contribution < 1.29 is 14.2 Å². The first kappa shape index (κ1) is 47.4. The lowest BCUT2D eigenvalue weighted by atomic mass is 9.43. The van der Waals surface area contributed by atoms with Gasteiger partial charge in [-0.3, -0.25) is 0 Å². The molecule has 0 saturated heterocycles. The summed E-state index contributed by atoms with van der Waals surface area (Å²) in [5.74, 6) is 3.28. The van der Waals surface area contributed by atoms with E-state index in [1.54, 1.807) is 0 Å². The largest absolute Gasteiger partial charge is 0.378 e. The number of hydrogen-bond acceptors (Lipinski definition) is 7. The third kappa shape index (κ3) is 14.2. The van der Waals surface area contributed by atoms with Gasteiger partial charge in [0.2, 0.25) is 0 Å². The number of fused-ring (bicyclic) bond motifs is 5. The average molecular weight is 775 g/mol. The Morgan fingerprint density at radius 2 is 1.13 bits per heavy atom. The fraction of sp³-hybridized carbons (Fsp3) is 1.00. The minimum Gasteiger partial charge on any atom is -0.378 e. The highest BCUT2D eigenvalue weighted by atomic mass is 16.5. The number of unbranched alkanes of at least 4 members (excludes halogenated alkanes) is 14. The van der Waals surface area contributed by atoms with Crippen molar-refractivity contribution in [3.63, 3.8) is 0 Å². The third-order valence-corrected chi connectivity index (χ3v) is 15.8. The minimum atomic E-state index is 0.207. The first-order chi connectivity index (χ1) is 26.9. The Kier molecular flexibility index (Phi) is 23.0. The van der Waals surface area contributed by atoms with Gasteiger partial charge in [0.25, 0.3) is 0 Å². The molecule has 0 amide bonds. The average Bonchev–Trinajstić information content (AvgIpc) is 3.53. The molecule has 0 aliphatic heterocycles. The lowest BCUT2D eigenvalue weighted by Crippen LogP contribution is -2.63. The number of nitrogens with one attached hydrogen (secondary N) is 1. The highest BCUT2D eigenvalue weighted by Gasteiger charge is 2.66. The first-order valence-corrected chi connectivity index (χ1v) is 24.6. The monoisotopic (exact) mass is 775 g/mol. The molecule has 10 atom stereocenters. The molecule has 0 heterocycles. The molecule has 324 valence electrons. The van der Waals surface area contributed by atoms with Gasteiger partial charge in [0.15, 0.2) is 0 Å². The SMILES string of the molecule is CCCCCCCCCCCCCCCCNCCCC[C@H]1CCC2[C@H]3C(C[C@H](OCCCN)[C@@]21C)[C@@]1(C)CC[C@@H](OCCCN)C[C@H]1C[C@H]3OCCCN. The summed E-state index contributed by atoms with van der Waals surface area (Å²) in [5.41, 5.74) is 18.3. The summed E-state index contributed by atoms with van der Waals surface area (Å²) in [4.78, 5) is 0. The maximum atomic E-state index is 7.02. The fourth-order valence-electron chi connectivity index (χ4n) is 12.4. The molecule has 4 aliphatic rings. The molecule has 4 fully saturated rings. The smallest absolute Gasteiger partial charge is 0.0637 e. The van der Waals surface area contributed by atoms with Crippen molar-refractivity contribution in [2.45, 2.75) is 212 Å². The number of hydrogen-bond donors (Lipinski definition) is 4. The lowest BCUT2D eigenvalue weighted by Gasteiger charge is -2.64. The predicted molar refractivity (Wildman–Crippen MR) is 233 cm³/mol. The van der Waals surface area contributed by atoms with E-state index in [2.05, 4.69) is 26.1 Å². The molecule has 4 rings (SSSR count). The second-order valence-corrected chi connectivity index (χ2v) is 19.4. The zero-order valence-electron chi connectivity index (χ0n) is 36.8. The number of ether oxygens (including phenoxy) is 3. The van der Waals surface area contributed by atoms with E-state index in [1.165, 1.54) is 161 Å². The molecule has 55 heavy (non-hydrogen) atoms. The van der Waals surface area contributed by atoms with Crippen LogP contribution in [0, 0.1) is 40.4 Å². The van der Waals surface area contributed by atoms with Gasteiger partial charge in [-0.2, -0.15) is 0 Å². The van der Waals surface area contributed by atoms with Gasteiger partial charge < -0.3 is 36.7 Å². The molecule has 0 radical (unpaired) electrons. The van der Waals surface area contributed by atoms with E-state index in [0.717, 1.165) is 51.4 Å². The van der Waals surface area contributed by atoms with Gasteiger partial charge in [-0.25, -0.2) is 0 Å². The van der Waals surface area contributed by atoms with Crippen molar-refractivity contribution in [2.75, 3.05) is 52.5 Å². The summed E-state index contributed by atoms with van der Waals surface area (Å²) in [7, 11) is 0. The van der Waals surface area contributed by atoms with Crippen LogP contribution in [0.4, 0.5) is 0 Å². The van der Waals surface area contributed by atoms with Gasteiger partial charge >= 0.3 is 0 Å². The summed E-state index contributed by atoms with van der Waals surface area (Å²) < 4.78 is 20.4. The Bertz CT molecular complexity index is 971. The van der Waals surface area contributed by atoms with Gasteiger partial charge in [-0.1, -0.05) is 111 Å². The Balaban J connectivity index is 1.23. The fourth-order valence-corrected chi connectivity index (χ4v) is 12.4. The van der Waals surface area contributed by atoms with Crippen molar-refractivity contribution in [2.24, 2.45) is 57.6 Å². The Morgan fingerprint density at radius 3 is 1.75 bits per heavy atom. The van der Waals surface area contributed by atoms with Crippen LogP contribution in [0.3, 0.4) is 0 Å². The van der Waals surface area contributed by atoms with Crippen LogP contribution in [0.25, 0.3) is 0 Å². The summed E-state index contributed by atoms with van der Waals surface area (Å²) in [6, 6.07) is 0. The van der Waals surface area contributed by atoms with E-state index >= 15 is 0 Å². The molecule has 4 saturated carbocycles. The van der Waals surface area contributed by atoms with E-state index < -0.39 is 0 Å². The highest BCUT2D eigenvalue weighted by Crippen LogP contribution is 2.69. The van der Waals surface area contributed by atoms with Crippen LogP contribution in [0.2, 0.25) is 0 Å². The second kappa shape index (κ2) is 26.7. The zero-order valence-corrected chi connectivity index (χ0v) is 36.8. The van der Waals surface area contributed by atoms with Crippen LogP contribution >= 0.6 is 0 Å². The first-order valence-electron chi connectivity index (χ1n) is 24.6. The Morgan fingerprint density at radius 1 is 0.564 bits per heavy atom. The predicted octanol–water partition coefficient (Wildman–Crippen LogP) is 10.3. The maximum absolute atomic E-state index is 7.02. The molecular weight excluding hydrogens is 681 g/mol. The van der Waals surface area contributed by atoms with Crippen molar-refractivity contribution in [3.8, 4) is 0 Å². The van der Waals surface area contributed by atoms with E-state index in [0.29, 0.717) is 67.0 Å². The van der Waals surface area contributed by atoms with Crippen molar-refractivity contribution >= 4 is 0 Å². The molecular formula is C48H94N4O3.